The van der Waals surface area contributed by atoms with Gasteiger partial charge in [0, 0.05) is 5.56 Å². The van der Waals surface area contributed by atoms with Crippen molar-refractivity contribution in [1.82, 2.24) is 25.0 Å². The van der Waals surface area contributed by atoms with E-state index >= 15 is 0 Å². The van der Waals surface area contributed by atoms with Gasteiger partial charge in [-0.05, 0) is 65.4 Å². The number of halogens is 1. The molecule has 1 N–H and O–H groups in total. The highest BCUT2D eigenvalue weighted by Crippen LogP contribution is 2.24. The van der Waals surface area contributed by atoms with Crippen LogP contribution in [-0.4, -0.2) is 43.7 Å². The van der Waals surface area contributed by atoms with E-state index in [0.29, 0.717) is 18.0 Å². The lowest BCUT2D eigenvalue weighted by molar-refractivity contribution is -0.389. The van der Waals surface area contributed by atoms with E-state index < -0.39 is 10.8 Å². The van der Waals surface area contributed by atoms with Gasteiger partial charge < -0.3 is 14.9 Å². The molecule has 32 heavy (non-hydrogen) atoms. The zero-order valence-corrected chi connectivity index (χ0v) is 19.6. The second-order valence-corrected chi connectivity index (χ2v) is 7.86. The maximum absolute atomic E-state index is 12.1. The molecule has 168 valence electrons. The van der Waals surface area contributed by atoms with Crippen molar-refractivity contribution in [2.75, 3.05) is 7.11 Å². The van der Waals surface area contributed by atoms with Crippen LogP contribution in [0.5, 0.6) is 5.75 Å². The smallest absolute Gasteiger partial charge is 0.390 e. The number of aryl methyl sites for hydroxylation is 2. The van der Waals surface area contributed by atoms with E-state index in [9.17, 15) is 14.9 Å². The van der Waals surface area contributed by atoms with Crippen LogP contribution in [-0.2, 0) is 17.9 Å². The number of carbonyl (C=O) groups excluding carboxylic acids is 1. The maximum Gasteiger partial charge on any atom is 0.390 e. The van der Waals surface area contributed by atoms with Gasteiger partial charge in [0.2, 0.25) is 0 Å². The van der Waals surface area contributed by atoms with Crippen LogP contribution in [0.15, 0.2) is 33.8 Å². The number of amides is 1. The number of hydrogen-bond donors (Lipinski definition) is 1. The molecule has 0 aliphatic carbocycles. The molecule has 11 nitrogen and oxygen atoms in total. The molecule has 12 heteroatoms. The molecule has 2 aromatic heterocycles. The fourth-order valence-electron chi connectivity index (χ4n) is 3.08. The van der Waals surface area contributed by atoms with Crippen LogP contribution in [0.2, 0.25) is 0 Å². The molecule has 2 heterocycles. The van der Waals surface area contributed by atoms with Crippen molar-refractivity contribution in [1.29, 1.82) is 0 Å². The van der Waals surface area contributed by atoms with Crippen molar-refractivity contribution >= 4 is 33.9 Å². The fraction of sp³-hybridized carbons (Fsp3) is 0.300. The quantitative estimate of drug-likeness (QED) is 0.285. The zero-order chi connectivity index (χ0) is 23.4. The van der Waals surface area contributed by atoms with Crippen molar-refractivity contribution in [3.05, 3.63) is 67.1 Å². The molecule has 0 saturated carbocycles. The number of benzene rings is 1. The average molecular weight is 504 g/mol. The van der Waals surface area contributed by atoms with Gasteiger partial charge in [-0.3, -0.25) is 9.48 Å². The SMILES string of the molecule is COc1ccc(/C=N\NC(=O)Cn2nc([N+](=O)[O-])cc2C)cc1Cn1nc(C)c(Br)c1C. The number of carbonyl (C=O) groups is 1. The second-order valence-electron chi connectivity index (χ2n) is 7.07. The molecule has 0 spiro atoms. The third kappa shape index (κ3) is 5.19. The Bertz CT molecular complexity index is 1200. The summed E-state index contributed by atoms with van der Waals surface area (Å²) in [5, 5.41) is 23.1. The number of rotatable bonds is 8. The van der Waals surface area contributed by atoms with Gasteiger partial charge in [-0.2, -0.15) is 14.9 Å². The van der Waals surface area contributed by atoms with E-state index in [0.717, 1.165) is 27.0 Å². The molecule has 1 aromatic carbocycles. The van der Waals surface area contributed by atoms with Gasteiger partial charge in [-0.15, -0.1) is 0 Å². The average Bonchev–Trinajstić information content (AvgIpc) is 3.23. The highest BCUT2D eigenvalue weighted by Gasteiger charge is 2.17. The third-order valence-electron chi connectivity index (χ3n) is 4.77. The Hall–Kier alpha value is -3.54. The number of hydrogen-bond acceptors (Lipinski definition) is 7. The number of nitrogens with one attached hydrogen (secondary N) is 1. The highest BCUT2D eigenvalue weighted by molar-refractivity contribution is 9.10. The van der Waals surface area contributed by atoms with Gasteiger partial charge in [-0.25, -0.2) is 5.43 Å². The van der Waals surface area contributed by atoms with E-state index in [2.05, 4.69) is 36.7 Å². The van der Waals surface area contributed by atoms with E-state index in [4.69, 9.17) is 4.74 Å². The fourth-order valence-corrected chi connectivity index (χ4v) is 3.37. The number of ether oxygens (including phenoxy) is 1. The molecule has 3 aromatic rings. The van der Waals surface area contributed by atoms with Crippen molar-refractivity contribution in [3.63, 3.8) is 0 Å². The molecule has 0 saturated heterocycles. The maximum atomic E-state index is 12.1. The highest BCUT2D eigenvalue weighted by atomic mass is 79.9. The molecule has 0 aliphatic rings. The summed E-state index contributed by atoms with van der Waals surface area (Å²) in [7, 11) is 1.60. The summed E-state index contributed by atoms with van der Waals surface area (Å²) in [6, 6.07) is 6.85. The van der Waals surface area contributed by atoms with Gasteiger partial charge in [0.05, 0.1) is 52.6 Å². The van der Waals surface area contributed by atoms with Crippen LogP contribution >= 0.6 is 15.9 Å². The van der Waals surface area contributed by atoms with Crippen LogP contribution in [0.25, 0.3) is 0 Å². The number of methoxy groups -OCH3 is 1. The molecular weight excluding hydrogens is 482 g/mol. The lowest BCUT2D eigenvalue weighted by Gasteiger charge is -2.11. The van der Waals surface area contributed by atoms with Gasteiger partial charge in [0.1, 0.15) is 12.3 Å². The van der Waals surface area contributed by atoms with Crippen LogP contribution in [0, 0.1) is 30.9 Å². The van der Waals surface area contributed by atoms with Crippen molar-refractivity contribution < 1.29 is 14.5 Å². The van der Waals surface area contributed by atoms with Crippen molar-refractivity contribution in [3.8, 4) is 5.75 Å². The summed E-state index contributed by atoms with van der Waals surface area (Å²) in [4.78, 5) is 22.3. The number of aromatic nitrogens is 4. The number of hydrazone groups is 1. The summed E-state index contributed by atoms with van der Waals surface area (Å²) >= 11 is 3.53. The van der Waals surface area contributed by atoms with E-state index in [1.54, 1.807) is 14.0 Å². The van der Waals surface area contributed by atoms with Crippen LogP contribution in [0.1, 0.15) is 28.2 Å². The first-order valence-electron chi connectivity index (χ1n) is 9.56. The predicted octanol–water partition coefficient (Wildman–Crippen LogP) is 2.88. The monoisotopic (exact) mass is 503 g/mol. The standard InChI is InChI=1S/C20H22BrN7O4/c1-12-7-18(28(30)31)25-26(12)11-19(29)23-22-9-15-5-6-17(32-4)16(8-15)10-27-14(3)20(21)13(2)24-27/h5-9H,10-11H2,1-4H3,(H,23,29)/b22-9-. The Morgan fingerprint density at radius 3 is 2.62 bits per heavy atom. The van der Waals surface area contributed by atoms with E-state index in [1.807, 2.05) is 36.7 Å². The molecule has 0 radical (unpaired) electrons. The van der Waals surface area contributed by atoms with Gasteiger partial charge in [0.25, 0.3) is 5.91 Å². The molecule has 3 rings (SSSR count). The normalized spacial score (nSPS) is 11.2. The summed E-state index contributed by atoms with van der Waals surface area (Å²) < 4.78 is 9.56. The zero-order valence-electron chi connectivity index (χ0n) is 18.0. The van der Waals surface area contributed by atoms with Crippen molar-refractivity contribution in [2.24, 2.45) is 5.10 Å². The molecule has 0 atom stereocenters. The van der Waals surface area contributed by atoms with Crippen LogP contribution in [0.4, 0.5) is 5.82 Å². The summed E-state index contributed by atoms with van der Waals surface area (Å²) in [6.45, 7) is 5.87. The molecule has 0 aliphatic heterocycles. The minimum absolute atomic E-state index is 0.183. The Labute approximate surface area is 192 Å². The minimum atomic E-state index is -0.606. The lowest BCUT2D eigenvalue weighted by atomic mass is 10.1. The Morgan fingerprint density at radius 1 is 1.28 bits per heavy atom. The largest absolute Gasteiger partial charge is 0.496 e. The molecule has 0 unspecified atom stereocenters. The van der Waals surface area contributed by atoms with Gasteiger partial charge in [0.15, 0.2) is 0 Å². The number of nitro groups is 1. The Balaban J connectivity index is 1.69. The van der Waals surface area contributed by atoms with Crippen molar-refractivity contribution in [2.45, 2.75) is 33.9 Å². The lowest BCUT2D eigenvalue weighted by Crippen LogP contribution is -2.24. The molecule has 1 amide bonds. The Morgan fingerprint density at radius 2 is 2.03 bits per heavy atom. The van der Waals surface area contributed by atoms with E-state index in [-0.39, 0.29) is 12.4 Å². The number of nitrogens with zero attached hydrogens (tertiary/aromatic N) is 6. The second kappa shape index (κ2) is 9.73. The summed E-state index contributed by atoms with van der Waals surface area (Å²) in [5.41, 5.74) is 6.48. The summed E-state index contributed by atoms with van der Waals surface area (Å²) in [6.07, 6.45) is 1.51. The summed E-state index contributed by atoms with van der Waals surface area (Å²) in [5.74, 6) is -0.0478. The first-order chi connectivity index (χ1) is 15.2. The molecular formula is C20H22BrN7O4. The minimum Gasteiger partial charge on any atom is -0.496 e. The first-order valence-corrected chi connectivity index (χ1v) is 10.4. The first kappa shape index (κ1) is 23.1. The Kier molecular flexibility index (Phi) is 7.03. The topological polar surface area (TPSA) is 129 Å². The van der Waals surface area contributed by atoms with E-state index in [1.165, 1.54) is 17.0 Å². The van der Waals surface area contributed by atoms with Crippen LogP contribution < -0.4 is 10.2 Å². The molecule has 0 bridgehead atoms. The van der Waals surface area contributed by atoms with Gasteiger partial charge >= 0.3 is 5.82 Å². The predicted molar refractivity (Wildman–Crippen MR) is 121 cm³/mol. The van der Waals surface area contributed by atoms with Crippen LogP contribution in [0.3, 0.4) is 0 Å². The third-order valence-corrected chi connectivity index (χ3v) is 5.92. The van der Waals surface area contributed by atoms with Gasteiger partial charge in [-0.1, -0.05) is 0 Å². The molecule has 0 fully saturated rings.